The van der Waals surface area contributed by atoms with Crippen molar-refractivity contribution >= 4 is 0 Å². The van der Waals surface area contributed by atoms with Gasteiger partial charge >= 0.3 is 0 Å². The first kappa shape index (κ1) is 13.0. The molecule has 0 saturated heterocycles. The van der Waals surface area contributed by atoms with Crippen molar-refractivity contribution in [3.8, 4) is 5.75 Å². The predicted octanol–water partition coefficient (Wildman–Crippen LogP) is 1.11. The van der Waals surface area contributed by atoms with E-state index >= 15 is 0 Å². The van der Waals surface area contributed by atoms with Crippen LogP contribution in [-0.2, 0) is 11.8 Å². The molecule has 5 heteroatoms. The highest BCUT2D eigenvalue weighted by molar-refractivity contribution is 5.28. The van der Waals surface area contributed by atoms with E-state index in [9.17, 15) is 0 Å². The molecule has 0 amide bonds. The van der Waals surface area contributed by atoms with E-state index in [1.807, 2.05) is 25.7 Å². The number of rotatable bonds is 6. The maximum absolute atomic E-state index is 5.30. The molecule has 0 bridgehead atoms. The van der Waals surface area contributed by atoms with Crippen molar-refractivity contribution in [3.63, 3.8) is 0 Å². The van der Waals surface area contributed by atoms with Gasteiger partial charge in [0.15, 0.2) is 5.75 Å². The van der Waals surface area contributed by atoms with Gasteiger partial charge in [0, 0.05) is 14.2 Å². The Kier molecular flexibility index (Phi) is 4.76. The van der Waals surface area contributed by atoms with Gasteiger partial charge in [0.05, 0.1) is 31.1 Å². The van der Waals surface area contributed by atoms with Crippen molar-refractivity contribution in [3.05, 3.63) is 11.9 Å². The molecule has 92 valence electrons. The first-order valence-corrected chi connectivity index (χ1v) is 5.40. The monoisotopic (exact) mass is 227 g/mol. The van der Waals surface area contributed by atoms with Gasteiger partial charge in [0.2, 0.25) is 0 Å². The molecule has 1 aromatic rings. The van der Waals surface area contributed by atoms with Gasteiger partial charge in [-0.3, -0.25) is 4.68 Å². The van der Waals surface area contributed by atoms with Crippen molar-refractivity contribution in [1.82, 2.24) is 15.1 Å². The summed E-state index contributed by atoms with van der Waals surface area (Å²) in [5.74, 6) is 0.810. The Hall–Kier alpha value is -1.07. The van der Waals surface area contributed by atoms with E-state index in [-0.39, 0.29) is 12.1 Å². The molecule has 0 radical (unpaired) electrons. The van der Waals surface area contributed by atoms with E-state index < -0.39 is 0 Å². The van der Waals surface area contributed by atoms with Crippen molar-refractivity contribution in [2.45, 2.75) is 25.5 Å². The van der Waals surface area contributed by atoms with Crippen LogP contribution in [0.25, 0.3) is 0 Å². The van der Waals surface area contributed by atoms with Crippen LogP contribution in [0, 0.1) is 0 Å². The minimum absolute atomic E-state index is 0.178. The highest BCUT2D eigenvalue weighted by Gasteiger charge is 2.21. The van der Waals surface area contributed by atoms with E-state index in [2.05, 4.69) is 10.4 Å². The number of ether oxygens (including phenoxy) is 2. The van der Waals surface area contributed by atoms with Gasteiger partial charge in [-0.1, -0.05) is 0 Å². The number of hydrogen-bond donors (Lipinski definition) is 1. The van der Waals surface area contributed by atoms with Gasteiger partial charge in [0.25, 0.3) is 0 Å². The second-order valence-corrected chi connectivity index (χ2v) is 3.85. The maximum Gasteiger partial charge on any atom is 0.161 e. The quantitative estimate of drug-likeness (QED) is 0.791. The Morgan fingerprint density at radius 2 is 2.19 bits per heavy atom. The van der Waals surface area contributed by atoms with Gasteiger partial charge in [-0.05, 0) is 20.4 Å². The third kappa shape index (κ3) is 2.74. The highest BCUT2D eigenvalue weighted by atomic mass is 16.5. The summed E-state index contributed by atoms with van der Waals surface area (Å²) in [5.41, 5.74) is 1.05. The summed E-state index contributed by atoms with van der Waals surface area (Å²) in [4.78, 5) is 0. The molecule has 5 nitrogen and oxygen atoms in total. The van der Waals surface area contributed by atoms with Crippen molar-refractivity contribution < 1.29 is 9.47 Å². The largest absolute Gasteiger partial charge is 0.493 e. The van der Waals surface area contributed by atoms with E-state index in [0.717, 1.165) is 17.9 Å². The van der Waals surface area contributed by atoms with Crippen LogP contribution in [-0.4, -0.2) is 37.2 Å². The number of methoxy groups -OCH3 is 2. The van der Waals surface area contributed by atoms with Crippen LogP contribution in [0.2, 0.25) is 0 Å². The zero-order chi connectivity index (χ0) is 12.1. The van der Waals surface area contributed by atoms with Crippen LogP contribution in [0.1, 0.15) is 25.1 Å². The summed E-state index contributed by atoms with van der Waals surface area (Å²) < 4.78 is 12.4. The van der Waals surface area contributed by atoms with Crippen LogP contribution in [0.3, 0.4) is 0 Å². The lowest BCUT2D eigenvalue weighted by Gasteiger charge is -2.20. The standard InChI is InChI=1S/C11H21N3O2/c1-8(15-4)6-9(12-2)11-10(16-5)7-13-14(11)3/h7-9,12H,6H2,1-5H3. The zero-order valence-corrected chi connectivity index (χ0v) is 10.7. The first-order chi connectivity index (χ1) is 7.63. The van der Waals surface area contributed by atoms with E-state index in [1.165, 1.54) is 0 Å². The Labute approximate surface area is 96.7 Å². The molecule has 1 rings (SSSR count). The average Bonchev–Trinajstić information content (AvgIpc) is 2.67. The van der Waals surface area contributed by atoms with E-state index in [0.29, 0.717) is 0 Å². The number of nitrogens with zero attached hydrogens (tertiary/aromatic N) is 2. The summed E-state index contributed by atoms with van der Waals surface area (Å²) in [6.07, 6.45) is 2.80. The molecule has 0 aliphatic carbocycles. The Balaban J connectivity index is 2.89. The van der Waals surface area contributed by atoms with E-state index in [1.54, 1.807) is 20.4 Å². The molecular formula is C11H21N3O2. The first-order valence-electron chi connectivity index (χ1n) is 5.40. The Morgan fingerprint density at radius 1 is 1.50 bits per heavy atom. The Bertz CT molecular complexity index is 325. The highest BCUT2D eigenvalue weighted by Crippen LogP contribution is 2.27. The lowest BCUT2D eigenvalue weighted by atomic mass is 10.1. The smallest absolute Gasteiger partial charge is 0.161 e. The fourth-order valence-corrected chi connectivity index (χ4v) is 1.78. The predicted molar refractivity (Wildman–Crippen MR) is 62.6 cm³/mol. The molecule has 0 aromatic carbocycles. The van der Waals surface area contributed by atoms with Gasteiger partial charge < -0.3 is 14.8 Å². The van der Waals surface area contributed by atoms with Crippen LogP contribution < -0.4 is 10.1 Å². The molecule has 0 fully saturated rings. The van der Waals surface area contributed by atoms with Crippen molar-refractivity contribution in [1.29, 1.82) is 0 Å². The number of aromatic nitrogens is 2. The molecule has 1 heterocycles. The van der Waals surface area contributed by atoms with Crippen LogP contribution in [0.15, 0.2) is 6.20 Å². The molecule has 16 heavy (non-hydrogen) atoms. The minimum atomic E-state index is 0.178. The molecule has 0 aliphatic rings. The Morgan fingerprint density at radius 3 is 2.69 bits per heavy atom. The summed E-state index contributed by atoms with van der Waals surface area (Å²) in [6.45, 7) is 2.05. The molecule has 1 aromatic heterocycles. The average molecular weight is 227 g/mol. The van der Waals surface area contributed by atoms with E-state index in [4.69, 9.17) is 9.47 Å². The lowest BCUT2D eigenvalue weighted by molar-refractivity contribution is 0.100. The number of aryl methyl sites for hydroxylation is 1. The van der Waals surface area contributed by atoms with Gasteiger partial charge in [-0.25, -0.2) is 0 Å². The third-order valence-corrected chi connectivity index (χ3v) is 2.82. The van der Waals surface area contributed by atoms with Crippen LogP contribution in [0.5, 0.6) is 5.75 Å². The van der Waals surface area contributed by atoms with Gasteiger partial charge in [0.1, 0.15) is 0 Å². The number of nitrogens with one attached hydrogen (secondary N) is 1. The summed E-state index contributed by atoms with van der Waals surface area (Å²) in [5, 5.41) is 7.46. The second kappa shape index (κ2) is 5.86. The number of hydrogen-bond acceptors (Lipinski definition) is 4. The molecule has 2 unspecified atom stereocenters. The zero-order valence-electron chi connectivity index (χ0n) is 10.7. The normalized spacial score (nSPS) is 14.8. The van der Waals surface area contributed by atoms with Crippen molar-refractivity contribution in [2.24, 2.45) is 7.05 Å². The summed E-state index contributed by atoms with van der Waals surface area (Å²) >= 11 is 0. The van der Waals surface area contributed by atoms with Crippen LogP contribution in [0.4, 0.5) is 0 Å². The molecule has 2 atom stereocenters. The van der Waals surface area contributed by atoms with Gasteiger partial charge in [-0.15, -0.1) is 0 Å². The fourth-order valence-electron chi connectivity index (χ4n) is 1.78. The minimum Gasteiger partial charge on any atom is -0.493 e. The summed E-state index contributed by atoms with van der Waals surface area (Å²) in [7, 11) is 7.23. The SMILES string of the molecule is CNC(CC(C)OC)c1c(OC)cnn1C. The molecule has 0 spiro atoms. The molecule has 0 aliphatic heterocycles. The third-order valence-electron chi connectivity index (χ3n) is 2.82. The molecular weight excluding hydrogens is 206 g/mol. The molecule has 1 N–H and O–H groups in total. The lowest BCUT2D eigenvalue weighted by Crippen LogP contribution is -2.24. The van der Waals surface area contributed by atoms with Gasteiger partial charge in [-0.2, -0.15) is 5.10 Å². The van der Waals surface area contributed by atoms with Crippen LogP contribution >= 0.6 is 0 Å². The maximum atomic E-state index is 5.30. The topological polar surface area (TPSA) is 48.3 Å². The molecule has 0 saturated carbocycles. The van der Waals surface area contributed by atoms with Crippen molar-refractivity contribution in [2.75, 3.05) is 21.3 Å². The second-order valence-electron chi connectivity index (χ2n) is 3.85. The summed E-state index contributed by atoms with van der Waals surface area (Å²) in [6, 6.07) is 0.178. The fraction of sp³-hybridized carbons (Fsp3) is 0.727.